The van der Waals surface area contributed by atoms with E-state index in [0.717, 1.165) is 34.1 Å². The third-order valence-electron chi connectivity index (χ3n) is 6.15. The van der Waals surface area contributed by atoms with Gasteiger partial charge in [-0.25, -0.2) is 16.8 Å². The number of sulfonamides is 2. The minimum atomic E-state index is -4.65. The predicted octanol–water partition coefficient (Wildman–Crippen LogP) is 5.66. The SMILES string of the molecule is COc1ccc(S(=O)(=O)N(CC(=O)Nc2ccc(S(=O)(=O)Nc3cccc(C(F)(F)F)c3)cc2)c2ccc(C)cc2)cc1. The summed E-state index contributed by atoms with van der Waals surface area (Å²) in [6, 6.07) is 20.8. The first-order valence-corrected chi connectivity index (χ1v) is 15.4. The number of ether oxygens (including phenoxy) is 1. The lowest BCUT2D eigenvalue weighted by atomic mass is 10.2. The first kappa shape index (κ1) is 31.4. The number of carbonyl (C=O) groups is 1. The van der Waals surface area contributed by atoms with Gasteiger partial charge in [-0.2, -0.15) is 13.2 Å². The lowest BCUT2D eigenvalue weighted by Crippen LogP contribution is -2.38. The van der Waals surface area contributed by atoms with Crippen LogP contribution >= 0.6 is 0 Å². The van der Waals surface area contributed by atoms with Gasteiger partial charge in [-0.3, -0.25) is 13.8 Å². The molecule has 1 amide bonds. The minimum Gasteiger partial charge on any atom is -0.497 e. The van der Waals surface area contributed by atoms with E-state index in [9.17, 15) is 34.8 Å². The minimum absolute atomic E-state index is 0.0653. The molecule has 9 nitrogen and oxygen atoms in total. The Balaban J connectivity index is 1.52. The lowest BCUT2D eigenvalue weighted by Gasteiger charge is -2.24. The molecule has 0 radical (unpaired) electrons. The highest BCUT2D eigenvalue weighted by Gasteiger charge is 2.31. The van der Waals surface area contributed by atoms with E-state index >= 15 is 0 Å². The Morgan fingerprint density at radius 3 is 2.00 bits per heavy atom. The number of carbonyl (C=O) groups excluding carboxylic acids is 1. The van der Waals surface area contributed by atoms with Gasteiger partial charge in [0.05, 0.1) is 28.2 Å². The lowest BCUT2D eigenvalue weighted by molar-refractivity contribution is -0.137. The molecule has 0 aliphatic heterocycles. The van der Waals surface area contributed by atoms with Crippen LogP contribution in [0.3, 0.4) is 0 Å². The van der Waals surface area contributed by atoms with Gasteiger partial charge in [-0.15, -0.1) is 0 Å². The first-order valence-electron chi connectivity index (χ1n) is 12.5. The van der Waals surface area contributed by atoms with Crippen LogP contribution in [0.2, 0.25) is 0 Å². The Hall–Kier alpha value is -4.56. The second-order valence-corrected chi connectivity index (χ2v) is 12.8. The molecule has 0 atom stereocenters. The van der Waals surface area contributed by atoms with Crippen LogP contribution in [0.1, 0.15) is 11.1 Å². The molecule has 2 N–H and O–H groups in total. The first-order chi connectivity index (χ1) is 20.2. The van der Waals surface area contributed by atoms with Crippen LogP contribution in [0.25, 0.3) is 0 Å². The number of hydrogen-bond donors (Lipinski definition) is 2. The zero-order valence-electron chi connectivity index (χ0n) is 22.8. The van der Waals surface area contributed by atoms with Gasteiger partial charge < -0.3 is 10.1 Å². The average Bonchev–Trinajstić information content (AvgIpc) is 2.96. The summed E-state index contributed by atoms with van der Waals surface area (Å²) in [5.74, 6) is -0.260. The zero-order chi connectivity index (χ0) is 31.4. The number of rotatable bonds is 10. The molecule has 226 valence electrons. The van der Waals surface area contributed by atoms with Crippen molar-refractivity contribution in [1.29, 1.82) is 0 Å². The Morgan fingerprint density at radius 2 is 1.42 bits per heavy atom. The van der Waals surface area contributed by atoms with Crippen LogP contribution in [-0.4, -0.2) is 36.4 Å². The Labute approximate surface area is 247 Å². The van der Waals surface area contributed by atoms with Crippen LogP contribution in [0, 0.1) is 6.92 Å². The molecule has 14 heteroatoms. The van der Waals surface area contributed by atoms with Crippen molar-refractivity contribution in [2.75, 3.05) is 28.0 Å². The fourth-order valence-electron chi connectivity index (χ4n) is 3.92. The molecule has 0 spiro atoms. The molecule has 0 unspecified atom stereocenters. The molecule has 0 aromatic heterocycles. The third-order valence-corrected chi connectivity index (χ3v) is 9.33. The van der Waals surface area contributed by atoms with Crippen molar-refractivity contribution >= 4 is 43.0 Å². The summed E-state index contributed by atoms with van der Waals surface area (Å²) in [4.78, 5) is 12.7. The van der Waals surface area contributed by atoms with Gasteiger partial charge in [0.2, 0.25) is 5.91 Å². The molecule has 4 aromatic rings. The molecule has 4 aromatic carbocycles. The Morgan fingerprint density at radius 1 is 0.814 bits per heavy atom. The highest BCUT2D eigenvalue weighted by molar-refractivity contribution is 7.93. The van der Waals surface area contributed by atoms with Gasteiger partial charge >= 0.3 is 6.18 Å². The smallest absolute Gasteiger partial charge is 0.416 e. The molecule has 0 fully saturated rings. The van der Waals surface area contributed by atoms with Crippen LogP contribution in [0.15, 0.2) is 107 Å². The normalized spacial score (nSPS) is 11.9. The van der Waals surface area contributed by atoms with Gasteiger partial charge in [0.25, 0.3) is 20.0 Å². The van der Waals surface area contributed by atoms with Crippen LogP contribution < -0.4 is 19.1 Å². The highest BCUT2D eigenvalue weighted by Crippen LogP contribution is 2.31. The highest BCUT2D eigenvalue weighted by atomic mass is 32.2. The van der Waals surface area contributed by atoms with Crippen LogP contribution in [0.4, 0.5) is 30.2 Å². The number of nitrogens with zero attached hydrogens (tertiary/aromatic N) is 1. The fourth-order valence-corrected chi connectivity index (χ4v) is 6.39. The standard InChI is InChI=1S/C29H26F3N3O6S2/c1-20-6-10-24(11-7-20)35(43(39,40)27-16-12-25(41-2)13-17-27)19-28(36)33-22-8-14-26(15-9-22)42(37,38)34-23-5-3-4-21(18-23)29(30,31)32/h3-18,34H,19H2,1-2H3,(H,33,36). The van der Waals surface area contributed by atoms with E-state index in [1.807, 2.05) is 6.92 Å². The van der Waals surface area contributed by atoms with E-state index in [2.05, 4.69) is 10.0 Å². The van der Waals surface area contributed by atoms with Gasteiger partial charge in [0, 0.05) is 11.4 Å². The summed E-state index contributed by atoms with van der Waals surface area (Å²) >= 11 is 0. The molecule has 0 saturated carbocycles. The summed E-state index contributed by atoms with van der Waals surface area (Å²) < 4.78 is 99.7. The van der Waals surface area contributed by atoms with Crippen LogP contribution in [0.5, 0.6) is 5.75 Å². The average molecular weight is 634 g/mol. The maximum Gasteiger partial charge on any atom is 0.416 e. The third kappa shape index (κ3) is 7.64. The zero-order valence-corrected chi connectivity index (χ0v) is 24.4. The topological polar surface area (TPSA) is 122 Å². The number of halogens is 3. The maximum absolute atomic E-state index is 13.6. The van der Waals surface area contributed by atoms with Crippen molar-refractivity contribution in [3.05, 3.63) is 108 Å². The second kappa shape index (κ2) is 12.4. The van der Waals surface area contributed by atoms with E-state index in [0.29, 0.717) is 11.8 Å². The number of benzene rings is 4. The molecular formula is C29H26F3N3O6S2. The number of hydrogen-bond acceptors (Lipinski definition) is 6. The molecule has 0 saturated heterocycles. The molecule has 43 heavy (non-hydrogen) atoms. The number of anilines is 3. The summed E-state index contributed by atoms with van der Waals surface area (Å²) in [5, 5.41) is 2.54. The molecule has 0 aliphatic rings. The van der Waals surface area contributed by atoms with Crippen LogP contribution in [-0.2, 0) is 31.0 Å². The monoisotopic (exact) mass is 633 g/mol. The molecule has 4 rings (SSSR count). The van der Waals surface area contributed by atoms with E-state index in [1.165, 1.54) is 49.6 Å². The molecule has 0 aliphatic carbocycles. The maximum atomic E-state index is 13.6. The summed E-state index contributed by atoms with van der Waals surface area (Å²) in [5.41, 5.74) is 0.000833. The summed E-state index contributed by atoms with van der Waals surface area (Å²) in [6.07, 6.45) is -4.65. The fraction of sp³-hybridized carbons (Fsp3) is 0.138. The van der Waals surface area contributed by atoms with E-state index in [-0.39, 0.29) is 26.9 Å². The van der Waals surface area contributed by atoms with Gasteiger partial charge in [0.15, 0.2) is 0 Å². The summed E-state index contributed by atoms with van der Waals surface area (Å²) in [6.45, 7) is 1.23. The molecule has 0 heterocycles. The quantitative estimate of drug-likeness (QED) is 0.233. The van der Waals surface area contributed by atoms with Crippen molar-refractivity contribution in [2.45, 2.75) is 22.9 Å². The number of amides is 1. The summed E-state index contributed by atoms with van der Waals surface area (Å²) in [7, 11) is -7.00. The molecule has 0 bridgehead atoms. The number of aryl methyl sites for hydroxylation is 1. The Bertz CT molecular complexity index is 1810. The van der Waals surface area contributed by atoms with Crippen molar-refractivity contribution < 1.29 is 39.5 Å². The largest absolute Gasteiger partial charge is 0.497 e. The van der Waals surface area contributed by atoms with Gasteiger partial charge in [-0.1, -0.05) is 23.8 Å². The van der Waals surface area contributed by atoms with Gasteiger partial charge in [-0.05, 0) is 85.8 Å². The van der Waals surface area contributed by atoms with Crippen molar-refractivity contribution in [1.82, 2.24) is 0 Å². The van der Waals surface area contributed by atoms with Crippen molar-refractivity contribution in [3.63, 3.8) is 0 Å². The van der Waals surface area contributed by atoms with E-state index < -0.39 is 44.2 Å². The number of alkyl halides is 3. The number of methoxy groups -OCH3 is 1. The Kier molecular flexibility index (Phi) is 9.01. The van der Waals surface area contributed by atoms with Gasteiger partial charge in [0.1, 0.15) is 12.3 Å². The van der Waals surface area contributed by atoms with E-state index in [4.69, 9.17) is 4.74 Å². The van der Waals surface area contributed by atoms with Crippen molar-refractivity contribution in [2.24, 2.45) is 0 Å². The predicted molar refractivity (Wildman–Crippen MR) is 156 cm³/mol. The second-order valence-electron chi connectivity index (χ2n) is 9.28. The number of nitrogens with one attached hydrogen (secondary N) is 2. The van der Waals surface area contributed by atoms with E-state index in [1.54, 1.807) is 24.3 Å². The van der Waals surface area contributed by atoms with Crippen molar-refractivity contribution in [3.8, 4) is 5.75 Å². The molecular weight excluding hydrogens is 607 g/mol.